The molecule has 1 heterocycles. The molecule has 0 spiro atoms. The number of halogens is 2. The van der Waals surface area contributed by atoms with Crippen LogP contribution in [0, 0.1) is 5.41 Å². The van der Waals surface area contributed by atoms with E-state index in [4.69, 9.17) is 33.3 Å². The summed E-state index contributed by atoms with van der Waals surface area (Å²) in [5, 5.41) is 7.90. The Hall–Kier alpha value is -0.320. The standard InChI is InChI=1S/C6H6Cl2N2OS/c1-2-11-6(9)4-3(7)5(8)10-12-4/h9H,2H2,1H3. The number of aromatic nitrogens is 1. The predicted octanol–water partition coefficient (Wildman–Crippen LogP) is 2.81. The first-order valence-electron chi connectivity index (χ1n) is 3.19. The summed E-state index contributed by atoms with van der Waals surface area (Å²) >= 11 is 12.4. The van der Waals surface area contributed by atoms with Crippen LogP contribution in [0.25, 0.3) is 0 Å². The second-order valence-corrected chi connectivity index (χ2v) is 3.39. The minimum Gasteiger partial charge on any atom is -0.477 e. The summed E-state index contributed by atoms with van der Waals surface area (Å²) in [5.41, 5.74) is 0. The first-order valence-corrected chi connectivity index (χ1v) is 4.72. The molecule has 12 heavy (non-hydrogen) atoms. The van der Waals surface area contributed by atoms with E-state index in [1.54, 1.807) is 6.92 Å². The third-order valence-electron chi connectivity index (χ3n) is 1.09. The lowest BCUT2D eigenvalue weighted by Crippen LogP contribution is -2.02. The molecule has 1 aromatic rings. The number of rotatable bonds is 2. The van der Waals surface area contributed by atoms with Crippen molar-refractivity contribution in [1.82, 2.24) is 4.37 Å². The zero-order valence-corrected chi connectivity index (χ0v) is 8.56. The van der Waals surface area contributed by atoms with Crippen molar-refractivity contribution in [2.24, 2.45) is 0 Å². The van der Waals surface area contributed by atoms with Gasteiger partial charge in [-0.2, -0.15) is 4.37 Å². The zero-order chi connectivity index (χ0) is 9.14. The molecule has 0 amide bonds. The van der Waals surface area contributed by atoms with Crippen molar-refractivity contribution >= 4 is 40.6 Å². The third kappa shape index (κ3) is 1.88. The molecule has 1 rings (SSSR count). The highest BCUT2D eigenvalue weighted by atomic mass is 35.5. The van der Waals surface area contributed by atoms with Crippen molar-refractivity contribution in [2.75, 3.05) is 6.61 Å². The Kier molecular flexibility index (Phi) is 3.31. The highest BCUT2D eigenvalue weighted by Crippen LogP contribution is 2.28. The highest BCUT2D eigenvalue weighted by Gasteiger charge is 2.14. The molecular formula is C6H6Cl2N2OS. The topological polar surface area (TPSA) is 46.0 Å². The molecule has 0 saturated carbocycles. The van der Waals surface area contributed by atoms with Crippen LogP contribution < -0.4 is 0 Å². The van der Waals surface area contributed by atoms with Gasteiger partial charge in [-0.1, -0.05) is 23.2 Å². The first-order chi connectivity index (χ1) is 5.66. The quantitative estimate of drug-likeness (QED) is 0.621. The van der Waals surface area contributed by atoms with E-state index in [9.17, 15) is 0 Å². The monoisotopic (exact) mass is 224 g/mol. The maximum atomic E-state index is 7.39. The van der Waals surface area contributed by atoms with E-state index in [2.05, 4.69) is 4.37 Å². The molecule has 0 aliphatic carbocycles. The van der Waals surface area contributed by atoms with Gasteiger partial charge in [0.1, 0.15) is 9.90 Å². The maximum Gasteiger partial charge on any atom is 0.226 e. The zero-order valence-electron chi connectivity index (χ0n) is 6.23. The molecule has 1 aromatic heterocycles. The fraction of sp³-hybridized carbons (Fsp3) is 0.333. The van der Waals surface area contributed by atoms with Crippen LogP contribution in [0.15, 0.2) is 0 Å². The Balaban J connectivity index is 2.88. The lowest BCUT2D eigenvalue weighted by molar-refractivity contribution is 0.326. The number of nitrogens with one attached hydrogen (secondary N) is 1. The smallest absolute Gasteiger partial charge is 0.226 e. The van der Waals surface area contributed by atoms with E-state index in [0.29, 0.717) is 16.5 Å². The molecule has 0 saturated heterocycles. The fourth-order valence-corrected chi connectivity index (χ4v) is 1.73. The van der Waals surface area contributed by atoms with Crippen molar-refractivity contribution < 1.29 is 4.74 Å². The number of hydrogen-bond donors (Lipinski definition) is 1. The normalized spacial score (nSPS) is 9.92. The van der Waals surface area contributed by atoms with Gasteiger partial charge in [-0.3, -0.25) is 5.41 Å². The molecule has 0 aliphatic heterocycles. The van der Waals surface area contributed by atoms with E-state index in [0.717, 1.165) is 11.5 Å². The Morgan fingerprint density at radius 2 is 2.33 bits per heavy atom. The lowest BCUT2D eigenvalue weighted by atomic mass is 10.5. The van der Waals surface area contributed by atoms with Crippen LogP contribution in [0.1, 0.15) is 11.8 Å². The first kappa shape index (κ1) is 9.77. The van der Waals surface area contributed by atoms with Gasteiger partial charge in [0.25, 0.3) is 0 Å². The van der Waals surface area contributed by atoms with Gasteiger partial charge in [-0.15, -0.1) is 0 Å². The molecule has 0 aromatic carbocycles. The Labute approximate surface area is 83.9 Å². The largest absolute Gasteiger partial charge is 0.477 e. The minimum atomic E-state index is 0.0203. The lowest BCUT2D eigenvalue weighted by Gasteiger charge is -2.00. The van der Waals surface area contributed by atoms with Crippen LogP contribution in [-0.2, 0) is 4.74 Å². The Bertz CT molecular complexity index is 300. The van der Waals surface area contributed by atoms with Crippen LogP contribution in [0.2, 0.25) is 10.2 Å². The molecule has 66 valence electrons. The molecule has 0 atom stereocenters. The highest BCUT2D eigenvalue weighted by molar-refractivity contribution is 7.09. The summed E-state index contributed by atoms with van der Waals surface area (Å²) in [5.74, 6) is 0.0203. The van der Waals surface area contributed by atoms with Crippen molar-refractivity contribution in [2.45, 2.75) is 6.92 Å². The van der Waals surface area contributed by atoms with E-state index in [-0.39, 0.29) is 11.1 Å². The van der Waals surface area contributed by atoms with Crippen LogP contribution >= 0.6 is 34.7 Å². The van der Waals surface area contributed by atoms with Gasteiger partial charge in [0.15, 0.2) is 5.15 Å². The predicted molar refractivity (Wildman–Crippen MR) is 50.6 cm³/mol. The summed E-state index contributed by atoms with van der Waals surface area (Å²) in [6.07, 6.45) is 0. The minimum absolute atomic E-state index is 0.0203. The average molecular weight is 225 g/mol. The molecule has 0 radical (unpaired) electrons. The number of nitrogens with zero attached hydrogens (tertiary/aromatic N) is 1. The van der Waals surface area contributed by atoms with Crippen LogP contribution in [0.3, 0.4) is 0 Å². The molecular weight excluding hydrogens is 219 g/mol. The van der Waals surface area contributed by atoms with Crippen LogP contribution in [0.5, 0.6) is 0 Å². The van der Waals surface area contributed by atoms with E-state index in [1.807, 2.05) is 0 Å². The maximum absolute atomic E-state index is 7.39. The van der Waals surface area contributed by atoms with Crippen molar-refractivity contribution in [1.29, 1.82) is 5.41 Å². The van der Waals surface area contributed by atoms with Gasteiger partial charge in [0.05, 0.1) is 6.61 Å². The third-order valence-corrected chi connectivity index (χ3v) is 2.89. The fourth-order valence-electron chi connectivity index (χ4n) is 0.611. The van der Waals surface area contributed by atoms with Gasteiger partial charge < -0.3 is 4.74 Å². The van der Waals surface area contributed by atoms with Crippen molar-refractivity contribution in [3.8, 4) is 0 Å². The molecule has 0 aliphatic rings. The molecule has 3 nitrogen and oxygen atoms in total. The van der Waals surface area contributed by atoms with Gasteiger partial charge in [0.2, 0.25) is 5.90 Å². The summed E-state index contributed by atoms with van der Waals surface area (Å²) in [7, 11) is 0. The van der Waals surface area contributed by atoms with Gasteiger partial charge in [-0.25, -0.2) is 0 Å². The van der Waals surface area contributed by atoms with Crippen LogP contribution in [0.4, 0.5) is 0 Å². The van der Waals surface area contributed by atoms with E-state index >= 15 is 0 Å². The van der Waals surface area contributed by atoms with Crippen molar-refractivity contribution in [3.05, 3.63) is 15.1 Å². The summed E-state index contributed by atoms with van der Waals surface area (Å²) in [4.78, 5) is 0.475. The second kappa shape index (κ2) is 4.07. The number of hydrogen-bond acceptors (Lipinski definition) is 4. The molecule has 6 heteroatoms. The average Bonchev–Trinajstić information content (AvgIpc) is 2.34. The Morgan fingerprint density at radius 1 is 1.67 bits per heavy atom. The van der Waals surface area contributed by atoms with Gasteiger partial charge in [0, 0.05) is 0 Å². The van der Waals surface area contributed by atoms with Crippen molar-refractivity contribution in [3.63, 3.8) is 0 Å². The summed E-state index contributed by atoms with van der Waals surface area (Å²) in [6.45, 7) is 2.23. The van der Waals surface area contributed by atoms with Crippen LogP contribution in [-0.4, -0.2) is 16.9 Å². The molecule has 0 unspecified atom stereocenters. The Morgan fingerprint density at radius 3 is 2.75 bits per heavy atom. The van der Waals surface area contributed by atoms with Gasteiger partial charge >= 0.3 is 0 Å². The SMILES string of the molecule is CCOC(=N)c1snc(Cl)c1Cl. The number of ether oxygens (including phenoxy) is 1. The summed E-state index contributed by atoms with van der Waals surface area (Å²) < 4.78 is 8.71. The molecule has 0 bridgehead atoms. The van der Waals surface area contributed by atoms with Gasteiger partial charge in [-0.05, 0) is 18.5 Å². The summed E-state index contributed by atoms with van der Waals surface area (Å²) in [6, 6.07) is 0. The molecule has 1 N–H and O–H groups in total. The molecule has 0 fully saturated rings. The van der Waals surface area contributed by atoms with E-state index < -0.39 is 0 Å². The second-order valence-electron chi connectivity index (χ2n) is 1.88. The van der Waals surface area contributed by atoms with E-state index in [1.165, 1.54) is 0 Å².